The highest BCUT2D eigenvalue weighted by Crippen LogP contribution is 2.19. The standard InChI is InChI=1S/C13H19FN2O2S/c1-2-12(13-6-5-10(14)8-15-13)16-11-4-3-7-19(17,18)9-11/h5-6,8,11-12,16H,2-4,7,9H2,1H3. The molecule has 1 saturated heterocycles. The van der Waals surface area contributed by atoms with Gasteiger partial charge in [-0.25, -0.2) is 12.8 Å². The summed E-state index contributed by atoms with van der Waals surface area (Å²) in [5.41, 5.74) is 0.756. The Morgan fingerprint density at radius 3 is 2.89 bits per heavy atom. The second kappa shape index (κ2) is 5.96. The van der Waals surface area contributed by atoms with Gasteiger partial charge < -0.3 is 5.32 Å². The van der Waals surface area contributed by atoms with Crippen LogP contribution in [-0.4, -0.2) is 30.9 Å². The fraction of sp³-hybridized carbons (Fsp3) is 0.615. The Bertz CT molecular complexity index is 516. The molecule has 1 aliphatic heterocycles. The number of halogens is 1. The van der Waals surface area contributed by atoms with Gasteiger partial charge in [0.2, 0.25) is 0 Å². The van der Waals surface area contributed by atoms with E-state index in [-0.39, 0.29) is 29.4 Å². The van der Waals surface area contributed by atoms with Gasteiger partial charge in [0.1, 0.15) is 5.82 Å². The van der Waals surface area contributed by atoms with Crippen LogP contribution >= 0.6 is 0 Å². The number of nitrogens with zero attached hydrogens (tertiary/aromatic N) is 1. The minimum atomic E-state index is -2.92. The van der Waals surface area contributed by atoms with E-state index in [1.165, 1.54) is 12.3 Å². The maximum absolute atomic E-state index is 12.9. The van der Waals surface area contributed by atoms with Crippen LogP contribution in [0.15, 0.2) is 18.3 Å². The summed E-state index contributed by atoms with van der Waals surface area (Å²) in [7, 11) is -2.92. The van der Waals surface area contributed by atoms with Crippen LogP contribution in [-0.2, 0) is 9.84 Å². The van der Waals surface area contributed by atoms with Gasteiger partial charge in [0, 0.05) is 12.1 Å². The largest absolute Gasteiger partial charge is 0.305 e. The lowest BCUT2D eigenvalue weighted by molar-refractivity contribution is 0.407. The van der Waals surface area contributed by atoms with Crippen LogP contribution in [0.5, 0.6) is 0 Å². The number of rotatable bonds is 4. The quantitative estimate of drug-likeness (QED) is 0.917. The van der Waals surface area contributed by atoms with Gasteiger partial charge in [-0.2, -0.15) is 0 Å². The highest BCUT2D eigenvalue weighted by molar-refractivity contribution is 7.91. The van der Waals surface area contributed by atoms with Crippen molar-refractivity contribution in [2.45, 2.75) is 38.3 Å². The van der Waals surface area contributed by atoms with Gasteiger partial charge in [0.15, 0.2) is 9.84 Å². The second-order valence-corrected chi connectivity index (χ2v) is 7.21. The average molecular weight is 286 g/mol. The molecule has 0 saturated carbocycles. The molecule has 2 rings (SSSR count). The van der Waals surface area contributed by atoms with E-state index in [0.717, 1.165) is 18.5 Å². The Morgan fingerprint density at radius 1 is 1.53 bits per heavy atom. The molecule has 0 bridgehead atoms. The van der Waals surface area contributed by atoms with Crippen LogP contribution in [0, 0.1) is 5.82 Å². The zero-order valence-corrected chi connectivity index (χ0v) is 11.8. The van der Waals surface area contributed by atoms with Gasteiger partial charge in [-0.15, -0.1) is 0 Å². The molecule has 1 aliphatic rings. The van der Waals surface area contributed by atoms with Crippen molar-refractivity contribution in [2.75, 3.05) is 11.5 Å². The minimum absolute atomic E-state index is 0.0288. The maximum Gasteiger partial charge on any atom is 0.151 e. The predicted molar refractivity (Wildman–Crippen MR) is 72.0 cm³/mol. The minimum Gasteiger partial charge on any atom is -0.305 e. The van der Waals surface area contributed by atoms with Crippen LogP contribution in [0.25, 0.3) is 0 Å². The van der Waals surface area contributed by atoms with Gasteiger partial charge in [0.25, 0.3) is 0 Å². The van der Waals surface area contributed by atoms with E-state index in [4.69, 9.17) is 0 Å². The van der Waals surface area contributed by atoms with Gasteiger partial charge in [0.05, 0.1) is 23.4 Å². The summed E-state index contributed by atoms with van der Waals surface area (Å²) in [6.07, 6.45) is 3.54. The molecule has 0 aromatic carbocycles. The van der Waals surface area contributed by atoms with Crippen LogP contribution in [0.1, 0.15) is 37.9 Å². The third-order valence-electron chi connectivity index (χ3n) is 3.42. The van der Waals surface area contributed by atoms with Crippen molar-refractivity contribution >= 4 is 9.84 Å². The average Bonchev–Trinajstić information content (AvgIpc) is 2.36. The summed E-state index contributed by atoms with van der Waals surface area (Å²) in [6.45, 7) is 2.00. The molecule has 1 aromatic heterocycles. The van der Waals surface area contributed by atoms with Gasteiger partial charge in [-0.1, -0.05) is 6.92 Å². The summed E-state index contributed by atoms with van der Waals surface area (Å²) in [4.78, 5) is 4.06. The van der Waals surface area contributed by atoms with E-state index in [9.17, 15) is 12.8 Å². The Hall–Kier alpha value is -1.01. The topological polar surface area (TPSA) is 59.1 Å². The lowest BCUT2D eigenvalue weighted by atomic mass is 10.1. The van der Waals surface area contributed by atoms with E-state index >= 15 is 0 Å². The molecule has 0 amide bonds. The van der Waals surface area contributed by atoms with Crippen molar-refractivity contribution in [3.63, 3.8) is 0 Å². The van der Waals surface area contributed by atoms with E-state index in [1.807, 2.05) is 6.92 Å². The summed E-state index contributed by atoms with van der Waals surface area (Å²) in [6, 6.07) is 2.97. The van der Waals surface area contributed by atoms with Crippen molar-refractivity contribution in [2.24, 2.45) is 0 Å². The molecule has 2 atom stereocenters. The number of hydrogen-bond donors (Lipinski definition) is 1. The number of sulfone groups is 1. The number of nitrogens with one attached hydrogen (secondary N) is 1. The van der Waals surface area contributed by atoms with E-state index < -0.39 is 9.84 Å². The highest BCUT2D eigenvalue weighted by Gasteiger charge is 2.26. The second-order valence-electron chi connectivity index (χ2n) is 4.98. The van der Waals surface area contributed by atoms with Crippen molar-refractivity contribution < 1.29 is 12.8 Å². The Morgan fingerprint density at radius 2 is 2.32 bits per heavy atom. The molecule has 2 unspecified atom stereocenters. The van der Waals surface area contributed by atoms with Crippen LogP contribution in [0.2, 0.25) is 0 Å². The predicted octanol–water partition coefficient (Wildman–Crippen LogP) is 1.84. The molecular formula is C13H19FN2O2S. The molecule has 0 aliphatic carbocycles. The molecule has 0 spiro atoms. The fourth-order valence-corrected chi connectivity index (χ4v) is 4.09. The van der Waals surface area contributed by atoms with Gasteiger partial charge in [-0.05, 0) is 31.4 Å². The van der Waals surface area contributed by atoms with Gasteiger partial charge >= 0.3 is 0 Å². The summed E-state index contributed by atoms with van der Waals surface area (Å²) >= 11 is 0. The Kier molecular flexibility index (Phi) is 4.52. The van der Waals surface area contributed by atoms with Gasteiger partial charge in [-0.3, -0.25) is 4.98 Å². The molecule has 6 heteroatoms. The van der Waals surface area contributed by atoms with E-state index in [2.05, 4.69) is 10.3 Å². The van der Waals surface area contributed by atoms with Crippen molar-refractivity contribution in [3.8, 4) is 0 Å². The monoisotopic (exact) mass is 286 g/mol. The molecule has 1 fully saturated rings. The molecule has 4 nitrogen and oxygen atoms in total. The first-order valence-electron chi connectivity index (χ1n) is 6.58. The summed E-state index contributed by atoms with van der Waals surface area (Å²) < 4.78 is 36.1. The number of hydrogen-bond acceptors (Lipinski definition) is 4. The van der Waals surface area contributed by atoms with Crippen LogP contribution in [0.3, 0.4) is 0 Å². The Balaban J connectivity index is 2.05. The highest BCUT2D eigenvalue weighted by atomic mass is 32.2. The van der Waals surface area contributed by atoms with Crippen LogP contribution < -0.4 is 5.32 Å². The third kappa shape index (κ3) is 3.98. The third-order valence-corrected chi connectivity index (χ3v) is 5.24. The van der Waals surface area contributed by atoms with Crippen molar-refractivity contribution in [1.29, 1.82) is 0 Å². The first kappa shape index (κ1) is 14.4. The first-order chi connectivity index (χ1) is 9.00. The van der Waals surface area contributed by atoms with E-state index in [0.29, 0.717) is 6.42 Å². The van der Waals surface area contributed by atoms with E-state index in [1.54, 1.807) is 6.07 Å². The molecule has 0 radical (unpaired) electrons. The molecule has 19 heavy (non-hydrogen) atoms. The molecule has 106 valence electrons. The smallest absolute Gasteiger partial charge is 0.151 e. The zero-order chi connectivity index (χ0) is 13.9. The van der Waals surface area contributed by atoms with Crippen LogP contribution in [0.4, 0.5) is 4.39 Å². The number of pyridine rings is 1. The normalized spacial score (nSPS) is 24.0. The lowest BCUT2D eigenvalue weighted by Crippen LogP contribution is -2.42. The molecule has 2 heterocycles. The lowest BCUT2D eigenvalue weighted by Gasteiger charge is -2.27. The first-order valence-corrected chi connectivity index (χ1v) is 8.40. The fourth-order valence-electron chi connectivity index (χ4n) is 2.44. The van der Waals surface area contributed by atoms with Crippen molar-refractivity contribution in [1.82, 2.24) is 10.3 Å². The SMILES string of the molecule is CCC(NC1CCCS(=O)(=O)C1)c1ccc(F)cn1. The summed E-state index contributed by atoms with van der Waals surface area (Å²) in [5, 5.41) is 3.33. The molecular weight excluding hydrogens is 267 g/mol. The van der Waals surface area contributed by atoms with Crippen molar-refractivity contribution in [3.05, 3.63) is 29.8 Å². The molecule has 1 N–H and O–H groups in total. The number of aromatic nitrogens is 1. The zero-order valence-electron chi connectivity index (χ0n) is 11.0. The maximum atomic E-state index is 12.9. The Labute approximate surface area is 113 Å². The summed E-state index contributed by atoms with van der Waals surface area (Å²) in [5.74, 6) is 0.111. The molecule has 1 aromatic rings.